The van der Waals surface area contributed by atoms with E-state index in [9.17, 15) is 0 Å². The van der Waals surface area contributed by atoms with Crippen molar-refractivity contribution in [3.63, 3.8) is 0 Å². The molecule has 0 aromatic rings. The summed E-state index contributed by atoms with van der Waals surface area (Å²) in [5.74, 6) is 0. The van der Waals surface area contributed by atoms with Crippen LogP contribution in [0.25, 0.3) is 0 Å². The van der Waals surface area contributed by atoms with E-state index in [-0.39, 0.29) is 5.60 Å². The molecule has 0 aliphatic heterocycles. The van der Waals surface area contributed by atoms with Crippen LogP contribution in [0.1, 0.15) is 26.2 Å². The molecule has 0 N–H and O–H groups in total. The van der Waals surface area contributed by atoms with Gasteiger partial charge in [0.2, 0.25) is 0 Å². The first-order valence-corrected chi connectivity index (χ1v) is 3.16. The van der Waals surface area contributed by atoms with Crippen molar-refractivity contribution in [1.29, 1.82) is 0 Å². The van der Waals surface area contributed by atoms with Crippen LogP contribution in [0.3, 0.4) is 0 Å². The van der Waals surface area contributed by atoms with E-state index >= 15 is 0 Å². The number of rotatable bonds is 1. The molecular formula is C7H11O. The third kappa shape index (κ3) is 0.334. The van der Waals surface area contributed by atoms with Crippen molar-refractivity contribution in [3.05, 3.63) is 7.11 Å². The number of hydrogen-bond acceptors (Lipinski definition) is 1. The quantitative estimate of drug-likeness (QED) is 0.500. The SMILES string of the molecule is [CH2]OC1(C)CC12CC2. The lowest BCUT2D eigenvalue weighted by molar-refractivity contribution is 0.112. The lowest BCUT2D eigenvalue weighted by atomic mass is 10.3. The first kappa shape index (κ1) is 4.80. The van der Waals surface area contributed by atoms with Crippen molar-refractivity contribution in [2.45, 2.75) is 31.8 Å². The van der Waals surface area contributed by atoms with Crippen molar-refractivity contribution in [3.8, 4) is 0 Å². The van der Waals surface area contributed by atoms with E-state index in [0.29, 0.717) is 5.41 Å². The van der Waals surface area contributed by atoms with E-state index in [0.717, 1.165) is 0 Å². The zero-order valence-electron chi connectivity index (χ0n) is 5.24. The first-order chi connectivity index (χ1) is 3.72. The summed E-state index contributed by atoms with van der Waals surface area (Å²) in [6, 6.07) is 0. The van der Waals surface area contributed by atoms with Crippen molar-refractivity contribution in [2.24, 2.45) is 5.41 Å². The van der Waals surface area contributed by atoms with Crippen LogP contribution in [-0.4, -0.2) is 5.60 Å². The zero-order valence-corrected chi connectivity index (χ0v) is 5.24. The molecule has 2 aliphatic carbocycles. The van der Waals surface area contributed by atoms with Gasteiger partial charge in [-0.25, -0.2) is 0 Å². The summed E-state index contributed by atoms with van der Waals surface area (Å²) >= 11 is 0. The zero-order chi connectivity index (χ0) is 5.83. The van der Waals surface area contributed by atoms with E-state index in [4.69, 9.17) is 4.74 Å². The summed E-state index contributed by atoms with van der Waals surface area (Å²) in [7, 11) is 3.46. The molecule has 2 rings (SSSR count). The lowest BCUT2D eigenvalue weighted by Crippen LogP contribution is -2.06. The van der Waals surface area contributed by atoms with Gasteiger partial charge in [0, 0.05) is 5.41 Å². The fourth-order valence-electron chi connectivity index (χ4n) is 1.66. The van der Waals surface area contributed by atoms with Crippen molar-refractivity contribution in [1.82, 2.24) is 0 Å². The van der Waals surface area contributed by atoms with Crippen LogP contribution in [-0.2, 0) is 4.74 Å². The summed E-state index contributed by atoms with van der Waals surface area (Å²) in [6.07, 6.45) is 4.00. The second kappa shape index (κ2) is 0.971. The summed E-state index contributed by atoms with van der Waals surface area (Å²) in [4.78, 5) is 0. The maximum atomic E-state index is 5.08. The lowest BCUT2D eigenvalue weighted by Gasteiger charge is -2.04. The fourth-order valence-corrected chi connectivity index (χ4v) is 1.66. The van der Waals surface area contributed by atoms with E-state index in [1.54, 1.807) is 0 Å². The van der Waals surface area contributed by atoms with Crippen molar-refractivity contribution in [2.75, 3.05) is 0 Å². The summed E-state index contributed by atoms with van der Waals surface area (Å²) < 4.78 is 5.08. The minimum absolute atomic E-state index is 0.188. The molecule has 1 heteroatoms. The fraction of sp³-hybridized carbons (Fsp3) is 0.857. The summed E-state index contributed by atoms with van der Waals surface area (Å²) in [5, 5.41) is 0. The smallest absolute Gasteiger partial charge is 0.0719 e. The topological polar surface area (TPSA) is 9.23 Å². The molecular weight excluding hydrogens is 100 g/mol. The molecule has 0 heterocycles. The highest BCUT2D eigenvalue weighted by molar-refractivity contribution is 5.23. The minimum atomic E-state index is 0.188. The van der Waals surface area contributed by atoms with Crippen molar-refractivity contribution < 1.29 is 4.74 Å². The third-order valence-corrected chi connectivity index (χ3v) is 2.84. The Morgan fingerprint density at radius 1 is 1.50 bits per heavy atom. The van der Waals surface area contributed by atoms with Crippen molar-refractivity contribution >= 4 is 0 Å². The van der Waals surface area contributed by atoms with Crippen LogP contribution in [0, 0.1) is 12.5 Å². The highest BCUT2D eigenvalue weighted by Crippen LogP contribution is 2.74. The Kier molecular flexibility index (Phi) is 0.583. The third-order valence-electron chi connectivity index (χ3n) is 2.84. The van der Waals surface area contributed by atoms with Gasteiger partial charge in [0.05, 0.1) is 12.7 Å². The van der Waals surface area contributed by atoms with Crippen LogP contribution < -0.4 is 0 Å². The molecule has 2 aliphatic rings. The Morgan fingerprint density at radius 2 is 2.12 bits per heavy atom. The van der Waals surface area contributed by atoms with Crippen LogP contribution in [0.4, 0.5) is 0 Å². The maximum Gasteiger partial charge on any atom is 0.0719 e. The second-order valence-corrected chi connectivity index (χ2v) is 3.33. The molecule has 0 aromatic carbocycles. The molecule has 2 saturated carbocycles. The Balaban J connectivity index is 2.11. The minimum Gasteiger partial charge on any atom is -0.372 e. The predicted molar refractivity (Wildman–Crippen MR) is 31.1 cm³/mol. The predicted octanol–water partition coefficient (Wildman–Crippen LogP) is 1.74. The highest BCUT2D eigenvalue weighted by atomic mass is 16.5. The van der Waals surface area contributed by atoms with Gasteiger partial charge >= 0.3 is 0 Å². The molecule has 0 saturated heterocycles. The van der Waals surface area contributed by atoms with Gasteiger partial charge in [-0.05, 0) is 26.2 Å². The molecule has 1 spiro atoms. The Bertz CT molecular complexity index is 126. The van der Waals surface area contributed by atoms with E-state index in [2.05, 4.69) is 14.0 Å². The van der Waals surface area contributed by atoms with Crippen LogP contribution in [0.2, 0.25) is 0 Å². The molecule has 0 amide bonds. The number of hydrogen-bond donors (Lipinski definition) is 0. The van der Waals surface area contributed by atoms with E-state index < -0.39 is 0 Å². The van der Waals surface area contributed by atoms with Gasteiger partial charge in [-0.1, -0.05) is 0 Å². The molecule has 1 atom stereocenters. The van der Waals surface area contributed by atoms with Gasteiger partial charge in [0.1, 0.15) is 0 Å². The standard InChI is InChI=1S/C7H11O/c1-6(8-2)5-7(6)3-4-7/h2-5H2,1H3. The molecule has 0 aromatic heterocycles. The molecule has 0 bridgehead atoms. The Labute approximate surface area is 50.0 Å². The second-order valence-electron chi connectivity index (χ2n) is 3.33. The highest BCUT2D eigenvalue weighted by Gasteiger charge is 2.72. The molecule has 8 heavy (non-hydrogen) atoms. The van der Waals surface area contributed by atoms with Crippen LogP contribution in [0.15, 0.2) is 0 Å². The monoisotopic (exact) mass is 111 g/mol. The first-order valence-electron chi connectivity index (χ1n) is 3.16. The largest absolute Gasteiger partial charge is 0.372 e. The van der Waals surface area contributed by atoms with E-state index in [1.165, 1.54) is 19.3 Å². The summed E-state index contributed by atoms with van der Waals surface area (Å²) in [5.41, 5.74) is 0.807. The van der Waals surface area contributed by atoms with Crippen LogP contribution >= 0.6 is 0 Å². The maximum absolute atomic E-state index is 5.08. The number of ether oxygens (including phenoxy) is 1. The molecule has 1 nitrogen and oxygen atoms in total. The van der Waals surface area contributed by atoms with E-state index in [1.807, 2.05) is 0 Å². The van der Waals surface area contributed by atoms with Crippen LogP contribution in [0.5, 0.6) is 0 Å². The Hall–Kier alpha value is -0.0400. The van der Waals surface area contributed by atoms with Gasteiger partial charge in [-0.2, -0.15) is 0 Å². The van der Waals surface area contributed by atoms with Gasteiger partial charge in [-0.3, -0.25) is 0 Å². The normalized spacial score (nSPS) is 47.2. The van der Waals surface area contributed by atoms with Gasteiger partial charge in [0.25, 0.3) is 0 Å². The van der Waals surface area contributed by atoms with Gasteiger partial charge in [0.15, 0.2) is 0 Å². The van der Waals surface area contributed by atoms with Gasteiger partial charge in [-0.15, -0.1) is 0 Å². The Morgan fingerprint density at radius 3 is 2.25 bits per heavy atom. The molecule has 45 valence electrons. The average molecular weight is 111 g/mol. The molecule has 1 unspecified atom stereocenters. The summed E-state index contributed by atoms with van der Waals surface area (Å²) in [6.45, 7) is 2.16. The molecule has 2 fully saturated rings. The average Bonchev–Trinajstić information content (AvgIpc) is 2.57. The van der Waals surface area contributed by atoms with Gasteiger partial charge < -0.3 is 4.74 Å². The molecule has 1 radical (unpaired) electrons.